The summed E-state index contributed by atoms with van der Waals surface area (Å²) in [5.74, 6) is -0.321. The van der Waals surface area contributed by atoms with Crippen LogP contribution in [0.4, 0.5) is 5.69 Å². The van der Waals surface area contributed by atoms with E-state index in [4.69, 9.17) is 4.74 Å². The van der Waals surface area contributed by atoms with Crippen molar-refractivity contribution in [2.24, 2.45) is 5.10 Å². The summed E-state index contributed by atoms with van der Waals surface area (Å²) in [6, 6.07) is 14.9. The number of benzene rings is 2. The Morgan fingerprint density at radius 3 is 2.55 bits per heavy atom. The van der Waals surface area contributed by atoms with Crippen LogP contribution in [0.1, 0.15) is 31.9 Å². The van der Waals surface area contributed by atoms with Crippen molar-refractivity contribution >= 4 is 40.3 Å². The van der Waals surface area contributed by atoms with Crippen LogP contribution in [0.15, 0.2) is 53.6 Å². The maximum absolute atomic E-state index is 13.9. The van der Waals surface area contributed by atoms with E-state index in [0.29, 0.717) is 23.6 Å². The molecule has 3 amide bonds. The number of ether oxygens (including phenoxy) is 1. The smallest absolute Gasteiger partial charge is 0.271 e. The quantitative estimate of drug-likeness (QED) is 0.793. The third kappa shape index (κ3) is 3.44. The number of nitrogens with zero attached hydrogens (tertiary/aromatic N) is 3. The van der Waals surface area contributed by atoms with Gasteiger partial charge < -0.3 is 15.0 Å². The molecule has 0 bridgehead atoms. The van der Waals surface area contributed by atoms with Crippen molar-refractivity contribution in [3.63, 3.8) is 0 Å². The lowest BCUT2D eigenvalue weighted by Crippen LogP contribution is -2.48. The number of hydrogen-bond donors (Lipinski definition) is 1. The van der Waals surface area contributed by atoms with Crippen molar-refractivity contribution in [2.45, 2.75) is 32.2 Å². The molecule has 0 saturated heterocycles. The predicted molar refractivity (Wildman–Crippen MR) is 118 cm³/mol. The standard InChI is InChI=1S/C22H22N4O4S/c1-4-30-19-12-8-5-9-16(19)13-25-18-11-7-6-10-17(18)22(20(25)29)26(15(3)28)24-21(31-22)23-14(2)27/h5-12H,4,13H2,1-3H3,(H,23,24,27). The number of para-hydroxylation sites is 2. The Balaban J connectivity index is 1.78. The van der Waals surface area contributed by atoms with Crippen LogP contribution in [0.5, 0.6) is 5.75 Å². The van der Waals surface area contributed by atoms with E-state index in [1.807, 2.05) is 55.5 Å². The van der Waals surface area contributed by atoms with Crippen molar-refractivity contribution in [2.75, 3.05) is 11.5 Å². The number of carbonyl (C=O) groups is 3. The Morgan fingerprint density at radius 2 is 1.84 bits per heavy atom. The molecule has 2 heterocycles. The fourth-order valence-electron chi connectivity index (χ4n) is 3.82. The summed E-state index contributed by atoms with van der Waals surface area (Å²) in [7, 11) is 0. The van der Waals surface area contributed by atoms with Crippen LogP contribution in [0.25, 0.3) is 0 Å². The summed E-state index contributed by atoms with van der Waals surface area (Å²) in [5, 5.41) is 8.24. The molecule has 9 heteroatoms. The van der Waals surface area contributed by atoms with Gasteiger partial charge in [0.05, 0.1) is 18.8 Å². The van der Waals surface area contributed by atoms with Gasteiger partial charge in [-0.25, -0.2) is 0 Å². The molecule has 1 atom stereocenters. The molecule has 0 aromatic heterocycles. The second-order valence-corrected chi connectivity index (χ2v) is 8.29. The van der Waals surface area contributed by atoms with Crippen LogP contribution >= 0.6 is 11.8 Å². The van der Waals surface area contributed by atoms with Gasteiger partial charge in [0.25, 0.3) is 5.91 Å². The Hall–Kier alpha value is -3.33. The summed E-state index contributed by atoms with van der Waals surface area (Å²) in [5.41, 5.74) is 2.19. The third-order valence-electron chi connectivity index (χ3n) is 5.01. The van der Waals surface area contributed by atoms with Crippen molar-refractivity contribution in [3.05, 3.63) is 59.7 Å². The average Bonchev–Trinajstić information content (AvgIpc) is 3.22. The largest absolute Gasteiger partial charge is 0.494 e. The van der Waals surface area contributed by atoms with Gasteiger partial charge in [-0.05, 0) is 30.8 Å². The zero-order chi connectivity index (χ0) is 22.2. The highest BCUT2D eigenvalue weighted by molar-refractivity contribution is 8.15. The number of hydrazone groups is 1. The van der Waals surface area contributed by atoms with Crippen molar-refractivity contribution in [3.8, 4) is 5.75 Å². The van der Waals surface area contributed by atoms with Gasteiger partial charge >= 0.3 is 0 Å². The third-order valence-corrected chi connectivity index (χ3v) is 6.25. The van der Waals surface area contributed by atoms with Crippen LogP contribution in [0.3, 0.4) is 0 Å². The first-order chi connectivity index (χ1) is 14.9. The molecule has 0 saturated carbocycles. The molecule has 1 spiro atoms. The number of anilines is 1. The van der Waals surface area contributed by atoms with Crippen LogP contribution in [-0.4, -0.2) is 34.5 Å². The summed E-state index contributed by atoms with van der Waals surface area (Å²) < 4.78 is 5.73. The molecule has 2 aliphatic heterocycles. The molecule has 160 valence electrons. The summed E-state index contributed by atoms with van der Waals surface area (Å²) in [6.45, 7) is 5.39. The first kappa shape index (κ1) is 20.9. The minimum Gasteiger partial charge on any atom is -0.494 e. The van der Waals surface area contributed by atoms with E-state index in [0.717, 1.165) is 17.3 Å². The van der Waals surface area contributed by atoms with Crippen LogP contribution in [0, 0.1) is 0 Å². The Morgan fingerprint density at radius 1 is 1.13 bits per heavy atom. The van der Waals surface area contributed by atoms with Crippen molar-refractivity contribution in [1.82, 2.24) is 10.3 Å². The van der Waals surface area contributed by atoms with Crippen molar-refractivity contribution in [1.29, 1.82) is 0 Å². The van der Waals surface area contributed by atoms with Gasteiger partial charge in [0, 0.05) is 25.0 Å². The minimum atomic E-state index is -1.40. The first-order valence-corrected chi connectivity index (χ1v) is 10.7. The molecule has 2 aromatic rings. The van der Waals surface area contributed by atoms with Crippen LogP contribution in [-0.2, 0) is 25.8 Å². The first-order valence-electron chi connectivity index (χ1n) is 9.86. The summed E-state index contributed by atoms with van der Waals surface area (Å²) >= 11 is 1.07. The lowest BCUT2D eigenvalue weighted by Gasteiger charge is -2.29. The second kappa shape index (κ2) is 8.07. The fraction of sp³-hybridized carbons (Fsp3) is 0.273. The van der Waals surface area contributed by atoms with E-state index in [1.54, 1.807) is 4.90 Å². The number of rotatable bonds is 4. The topological polar surface area (TPSA) is 91.3 Å². The molecular weight excluding hydrogens is 416 g/mol. The molecule has 4 rings (SSSR count). The molecule has 31 heavy (non-hydrogen) atoms. The zero-order valence-corrected chi connectivity index (χ0v) is 18.2. The van der Waals surface area contributed by atoms with Gasteiger partial charge in [-0.15, -0.1) is 5.10 Å². The van der Waals surface area contributed by atoms with Gasteiger partial charge in [-0.3, -0.25) is 14.4 Å². The van der Waals surface area contributed by atoms with E-state index in [1.165, 1.54) is 18.9 Å². The number of fused-ring (bicyclic) bond motifs is 2. The summed E-state index contributed by atoms with van der Waals surface area (Å²) in [4.78, 5) is 38.2. The number of nitrogens with one attached hydrogen (secondary N) is 1. The van der Waals surface area contributed by atoms with E-state index in [2.05, 4.69) is 10.4 Å². The lowest BCUT2D eigenvalue weighted by atomic mass is 10.1. The van der Waals surface area contributed by atoms with Crippen molar-refractivity contribution < 1.29 is 19.1 Å². The van der Waals surface area contributed by atoms with Crippen LogP contribution in [0.2, 0.25) is 0 Å². The van der Waals surface area contributed by atoms with Crippen LogP contribution < -0.4 is 15.0 Å². The SMILES string of the molecule is CCOc1ccccc1CN1C(=O)C2(SC(NC(C)=O)=NN2C(C)=O)c2ccccc21. The van der Waals surface area contributed by atoms with Gasteiger partial charge in [0.2, 0.25) is 16.7 Å². The molecule has 2 aromatic carbocycles. The molecule has 1 unspecified atom stereocenters. The second-order valence-electron chi connectivity index (χ2n) is 7.11. The number of amidine groups is 1. The number of carbonyl (C=O) groups excluding carboxylic acids is 3. The van der Waals surface area contributed by atoms with Gasteiger partial charge in [-0.2, -0.15) is 5.01 Å². The van der Waals surface area contributed by atoms with E-state index < -0.39 is 10.8 Å². The molecule has 8 nitrogen and oxygen atoms in total. The lowest BCUT2D eigenvalue weighted by molar-refractivity contribution is -0.139. The number of thioether (sulfide) groups is 1. The van der Waals surface area contributed by atoms with E-state index in [-0.39, 0.29) is 23.5 Å². The molecule has 0 radical (unpaired) electrons. The van der Waals surface area contributed by atoms with E-state index in [9.17, 15) is 14.4 Å². The zero-order valence-electron chi connectivity index (χ0n) is 17.4. The van der Waals surface area contributed by atoms with Gasteiger partial charge in [0.15, 0.2) is 5.17 Å². The Bertz CT molecular complexity index is 1100. The highest BCUT2D eigenvalue weighted by Gasteiger charge is 2.61. The average molecular weight is 439 g/mol. The highest BCUT2D eigenvalue weighted by atomic mass is 32.2. The Labute approximate surface area is 184 Å². The number of hydrogen-bond acceptors (Lipinski definition) is 6. The molecule has 1 N–H and O–H groups in total. The van der Waals surface area contributed by atoms with Gasteiger partial charge in [-0.1, -0.05) is 36.4 Å². The molecule has 0 fully saturated rings. The number of amides is 3. The van der Waals surface area contributed by atoms with Gasteiger partial charge in [0.1, 0.15) is 5.75 Å². The highest BCUT2D eigenvalue weighted by Crippen LogP contribution is 2.54. The monoisotopic (exact) mass is 438 g/mol. The maximum atomic E-state index is 13.9. The predicted octanol–water partition coefficient (Wildman–Crippen LogP) is 2.79. The molecular formula is C22H22N4O4S. The Kier molecular flexibility index (Phi) is 5.45. The summed E-state index contributed by atoms with van der Waals surface area (Å²) in [6.07, 6.45) is 0. The molecule has 2 aliphatic rings. The normalized spacial score (nSPS) is 19.5. The minimum absolute atomic E-state index is 0.211. The maximum Gasteiger partial charge on any atom is 0.271 e. The molecule has 0 aliphatic carbocycles. The van der Waals surface area contributed by atoms with E-state index >= 15 is 0 Å². The fourth-order valence-corrected chi connectivity index (χ4v) is 5.16.